The van der Waals surface area contributed by atoms with Gasteiger partial charge in [-0.1, -0.05) is 6.07 Å². The summed E-state index contributed by atoms with van der Waals surface area (Å²) >= 11 is 0. The number of likely N-dealkylation sites (tertiary alicyclic amines) is 1. The van der Waals surface area contributed by atoms with Gasteiger partial charge in [-0.3, -0.25) is 19.5 Å². The molecule has 170 valence electrons. The molecule has 1 atom stereocenters. The Labute approximate surface area is 189 Å². The van der Waals surface area contributed by atoms with Crippen molar-refractivity contribution in [2.45, 2.75) is 31.7 Å². The highest BCUT2D eigenvalue weighted by Gasteiger charge is 2.38. The van der Waals surface area contributed by atoms with Crippen molar-refractivity contribution in [3.8, 4) is 0 Å². The average Bonchev–Trinajstić information content (AvgIpc) is 3.70. The largest absolute Gasteiger partial charge is 0.379 e. The number of fused-ring (bicyclic) bond motifs is 1. The van der Waals surface area contributed by atoms with Crippen LogP contribution in [0, 0.1) is 5.92 Å². The van der Waals surface area contributed by atoms with E-state index in [1.54, 1.807) is 6.20 Å². The average molecular weight is 437 g/mol. The molecule has 32 heavy (non-hydrogen) atoms. The molecule has 2 aliphatic heterocycles. The predicted molar refractivity (Wildman–Crippen MR) is 122 cm³/mol. The molecule has 7 heteroatoms. The van der Waals surface area contributed by atoms with E-state index in [1.807, 2.05) is 35.2 Å². The summed E-state index contributed by atoms with van der Waals surface area (Å²) in [5.74, 6) is 0.528. The van der Waals surface area contributed by atoms with E-state index in [0.717, 1.165) is 82.5 Å². The topological polar surface area (TPSA) is 66.0 Å². The molecule has 3 fully saturated rings. The number of carbonyl (C=O) groups excluding carboxylic acids is 2. The molecule has 2 aromatic rings. The fourth-order valence-corrected chi connectivity index (χ4v) is 4.90. The summed E-state index contributed by atoms with van der Waals surface area (Å²) in [5.41, 5.74) is 1.59. The van der Waals surface area contributed by atoms with Gasteiger partial charge in [0.1, 0.15) is 0 Å². The Kier molecular flexibility index (Phi) is 6.37. The van der Waals surface area contributed by atoms with Crippen LogP contribution in [0.25, 0.3) is 10.9 Å². The van der Waals surface area contributed by atoms with Gasteiger partial charge in [0, 0.05) is 68.4 Å². The van der Waals surface area contributed by atoms with Crippen molar-refractivity contribution in [1.82, 2.24) is 19.7 Å². The lowest BCUT2D eigenvalue weighted by atomic mass is 10.0. The van der Waals surface area contributed by atoms with Crippen molar-refractivity contribution in [2.24, 2.45) is 5.92 Å². The lowest BCUT2D eigenvalue weighted by Gasteiger charge is -2.40. The number of benzene rings is 1. The molecule has 5 rings (SSSR count). The van der Waals surface area contributed by atoms with Crippen LogP contribution < -0.4 is 0 Å². The first kappa shape index (κ1) is 21.3. The molecule has 2 amide bonds. The van der Waals surface area contributed by atoms with Crippen molar-refractivity contribution in [2.75, 3.05) is 52.5 Å². The molecule has 0 radical (unpaired) electrons. The molecule has 1 aromatic heterocycles. The quantitative estimate of drug-likeness (QED) is 0.696. The van der Waals surface area contributed by atoms with Gasteiger partial charge in [0.2, 0.25) is 5.91 Å². The van der Waals surface area contributed by atoms with Crippen LogP contribution >= 0.6 is 0 Å². The van der Waals surface area contributed by atoms with Crippen molar-refractivity contribution in [3.05, 3.63) is 42.1 Å². The van der Waals surface area contributed by atoms with E-state index in [9.17, 15) is 9.59 Å². The summed E-state index contributed by atoms with van der Waals surface area (Å²) in [6, 6.07) is 9.69. The Balaban J connectivity index is 1.28. The smallest absolute Gasteiger partial charge is 0.253 e. The van der Waals surface area contributed by atoms with Gasteiger partial charge in [-0.05, 0) is 49.9 Å². The lowest BCUT2D eigenvalue weighted by Crippen LogP contribution is -2.54. The molecule has 3 heterocycles. The minimum atomic E-state index is 0.0486. The third-order valence-electron chi connectivity index (χ3n) is 6.94. The van der Waals surface area contributed by atoms with Crippen molar-refractivity contribution >= 4 is 22.7 Å². The van der Waals surface area contributed by atoms with Crippen LogP contribution in [-0.2, 0) is 9.53 Å². The van der Waals surface area contributed by atoms with Gasteiger partial charge >= 0.3 is 0 Å². The zero-order valence-corrected chi connectivity index (χ0v) is 18.6. The van der Waals surface area contributed by atoms with Crippen molar-refractivity contribution in [3.63, 3.8) is 0 Å². The third-order valence-corrected chi connectivity index (χ3v) is 6.94. The van der Waals surface area contributed by atoms with Gasteiger partial charge in [0.25, 0.3) is 5.91 Å². The van der Waals surface area contributed by atoms with Gasteiger partial charge in [-0.15, -0.1) is 0 Å². The molecule has 1 saturated carbocycles. The number of nitrogens with zero attached hydrogens (tertiary/aromatic N) is 4. The summed E-state index contributed by atoms with van der Waals surface area (Å²) in [6.07, 6.45) is 5.67. The fraction of sp³-hybridized carbons (Fsp3) is 0.560. The number of aromatic nitrogens is 1. The number of rotatable bonds is 6. The number of piperidine rings is 1. The zero-order valence-electron chi connectivity index (χ0n) is 18.6. The molecule has 2 saturated heterocycles. The van der Waals surface area contributed by atoms with Crippen LogP contribution in [0.15, 0.2) is 36.5 Å². The normalized spacial score (nSPS) is 22.1. The summed E-state index contributed by atoms with van der Waals surface area (Å²) in [7, 11) is 0. The van der Waals surface area contributed by atoms with Gasteiger partial charge in [0.05, 0.1) is 18.7 Å². The minimum absolute atomic E-state index is 0.0486. The second kappa shape index (κ2) is 9.55. The predicted octanol–water partition coefficient (Wildman–Crippen LogP) is 2.41. The Hall–Kier alpha value is -2.51. The van der Waals surface area contributed by atoms with Gasteiger partial charge < -0.3 is 14.5 Å². The Morgan fingerprint density at radius 3 is 2.75 bits per heavy atom. The number of pyridine rings is 1. The molecule has 1 unspecified atom stereocenters. The standard InChI is InChI=1S/C25H32N4O3/c30-24(21-7-8-23-20(17-21)3-1-9-26-23)28-10-2-4-22(18-28)29(25(31)19-5-6-19)12-11-27-13-15-32-16-14-27/h1,3,7-9,17,19,22H,2,4-6,10-16,18H2. The number of hydrogen-bond acceptors (Lipinski definition) is 5. The van der Waals surface area contributed by atoms with Crippen LogP contribution in [-0.4, -0.2) is 90.0 Å². The fourth-order valence-electron chi connectivity index (χ4n) is 4.90. The molecule has 7 nitrogen and oxygen atoms in total. The number of amides is 2. The minimum Gasteiger partial charge on any atom is -0.379 e. The first-order chi connectivity index (χ1) is 15.7. The first-order valence-corrected chi connectivity index (χ1v) is 11.9. The van der Waals surface area contributed by atoms with E-state index in [2.05, 4.69) is 14.8 Å². The second-order valence-corrected chi connectivity index (χ2v) is 9.22. The Morgan fingerprint density at radius 1 is 1.09 bits per heavy atom. The Bertz CT molecular complexity index is 971. The monoisotopic (exact) mass is 436 g/mol. The number of hydrogen-bond donors (Lipinski definition) is 0. The van der Waals surface area contributed by atoms with E-state index >= 15 is 0 Å². The SMILES string of the molecule is O=C(c1ccc2ncccc2c1)N1CCCC(N(CCN2CCOCC2)C(=O)C2CC2)C1. The van der Waals surface area contributed by atoms with Gasteiger partial charge in [-0.2, -0.15) is 0 Å². The highest BCUT2D eigenvalue weighted by atomic mass is 16.5. The third kappa shape index (κ3) is 4.79. The maximum atomic E-state index is 13.3. The van der Waals surface area contributed by atoms with E-state index < -0.39 is 0 Å². The first-order valence-electron chi connectivity index (χ1n) is 11.9. The summed E-state index contributed by atoms with van der Waals surface area (Å²) in [6.45, 7) is 6.37. The molecule has 0 spiro atoms. The number of morpholine rings is 1. The molecule has 1 aliphatic carbocycles. The van der Waals surface area contributed by atoms with Crippen LogP contribution in [0.4, 0.5) is 0 Å². The molecular formula is C25H32N4O3. The van der Waals surface area contributed by atoms with E-state index in [1.165, 1.54) is 0 Å². The maximum Gasteiger partial charge on any atom is 0.253 e. The highest BCUT2D eigenvalue weighted by Crippen LogP contribution is 2.33. The van der Waals surface area contributed by atoms with Gasteiger partial charge in [0.15, 0.2) is 0 Å². The maximum absolute atomic E-state index is 13.3. The van der Waals surface area contributed by atoms with Crippen molar-refractivity contribution < 1.29 is 14.3 Å². The molecule has 0 bridgehead atoms. The second-order valence-electron chi connectivity index (χ2n) is 9.22. The van der Waals surface area contributed by atoms with Crippen molar-refractivity contribution in [1.29, 1.82) is 0 Å². The van der Waals surface area contributed by atoms with Crippen LogP contribution in [0.2, 0.25) is 0 Å². The number of carbonyl (C=O) groups is 2. The number of ether oxygens (including phenoxy) is 1. The highest BCUT2D eigenvalue weighted by molar-refractivity contribution is 5.98. The molecular weight excluding hydrogens is 404 g/mol. The lowest BCUT2D eigenvalue weighted by molar-refractivity contribution is -0.136. The summed E-state index contributed by atoms with van der Waals surface area (Å²) in [5, 5.41) is 0.975. The van der Waals surface area contributed by atoms with Crippen LogP contribution in [0.1, 0.15) is 36.0 Å². The summed E-state index contributed by atoms with van der Waals surface area (Å²) in [4.78, 5) is 37.2. The van der Waals surface area contributed by atoms with Crippen LogP contribution in [0.5, 0.6) is 0 Å². The van der Waals surface area contributed by atoms with Gasteiger partial charge in [-0.25, -0.2) is 0 Å². The van der Waals surface area contributed by atoms with E-state index in [4.69, 9.17) is 4.74 Å². The molecule has 0 N–H and O–H groups in total. The van der Waals surface area contributed by atoms with Crippen LogP contribution in [0.3, 0.4) is 0 Å². The zero-order chi connectivity index (χ0) is 21.9. The molecule has 1 aromatic carbocycles. The van der Waals surface area contributed by atoms with E-state index in [0.29, 0.717) is 12.1 Å². The Morgan fingerprint density at radius 2 is 1.94 bits per heavy atom. The summed E-state index contributed by atoms with van der Waals surface area (Å²) < 4.78 is 5.46. The van der Waals surface area contributed by atoms with E-state index in [-0.39, 0.29) is 23.8 Å². The molecule has 3 aliphatic rings.